The second-order valence-corrected chi connectivity index (χ2v) is 11.1. The third-order valence-corrected chi connectivity index (χ3v) is 8.17. The predicted molar refractivity (Wildman–Crippen MR) is 135 cm³/mol. The molecule has 0 spiro atoms. The van der Waals surface area contributed by atoms with Crippen molar-refractivity contribution in [1.29, 1.82) is 0 Å². The molecule has 0 fully saturated rings. The maximum absolute atomic E-state index is 6.62. The van der Waals surface area contributed by atoms with Crippen LogP contribution in [0.4, 0.5) is 0 Å². The van der Waals surface area contributed by atoms with E-state index in [2.05, 4.69) is 51.4 Å². The van der Waals surface area contributed by atoms with Crippen molar-refractivity contribution in [1.82, 2.24) is 10.6 Å². The first kappa shape index (κ1) is 22.0. The molecule has 2 N–H and O–H groups in total. The van der Waals surface area contributed by atoms with Crippen LogP contribution in [0.25, 0.3) is 6.08 Å². The fourth-order valence-electron chi connectivity index (χ4n) is 3.99. The summed E-state index contributed by atoms with van der Waals surface area (Å²) < 4.78 is -0.527. The number of halogens is 3. The molecule has 6 heteroatoms. The minimum absolute atomic E-state index is 0.0154. The van der Waals surface area contributed by atoms with Crippen LogP contribution in [-0.2, 0) is 0 Å². The van der Waals surface area contributed by atoms with E-state index in [4.69, 9.17) is 23.2 Å². The number of hydrogen-bond acceptors (Lipinski definition) is 3. The van der Waals surface area contributed by atoms with Crippen LogP contribution in [0.2, 0.25) is 10.0 Å². The summed E-state index contributed by atoms with van der Waals surface area (Å²) in [6.07, 6.45) is 7.23. The van der Waals surface area contributed by atoms with Crippen molar-refractivity contribution < 1.29 is 0 Å². The molecule has 2 aromatic rings. The Bertz CT molecular complexity index is 1020. The Kier molecular flexibility index (Phi) is 7.01. The van der Waals surface area contributed by atoms with Gasteiger partial charge in [-0.3, -0.25) is 5.32 Å². The highest BCUT2D eigenvalue weighted by Crippen LogP contribution is 2.46. The van der Waals surface area contributed by atoms with E-state index in [1.54, 1.807) is 11.8 Å². The molecule has 1 aliphatic carbocycles. The zero-order valence-corrected chi connectivity index (χ0v) is 20.3. The van der Waals surface area contributed by atoms with Crippen LogP contribution in [0.15, 0.2) is 78.0 Å². The Labute approximate surface area is 200 Å². The summed E-state index contributed by atoms with van der Waals surface area (Å²) >= 11 is 18.7. The number of rotatable bonds is 5. The number of hydrogen-bond donors (Lipinski definition) is 2. The number of alkyl halides is 1. The van der Waals surface area contributed by atoms with Gasteiger partial charge in [-0.15, -0.1) is 18.3 Å². The first-order chi connectivity index (χ1) is 14.5. The molecular weight excluding hydrogens is 499 g/mol. The molecule has 156 valence electrons. The van der Waals surface area contributed by atoms with Gasteiger partial charge in [0.25, 0.3) is 0 Å². The molecule has 4 rings (SSSR count). The highest BCUT2D eigenvalue weighted by molar-refractivity contribution is 9.11. The molecule has 30 heavy (non-hydrogen) atoms. The van der Waals surface area contributed by atoms with Crippen LogP contribution >= 0.6 is 50.9 Å². The zero-order chi connectivity index (χ0) is 21.1. The lowest BCUT2D eigenvalue weighted by molar-refractivity contribution is 0.439. The SMILES string of the molecule is C=CCS[C@]1(Br)NC2=C(CCC/C2=C/c2ccccc2Cl)[C@H](c2ccccc2Cl)N1. The van der Waals surface area contributed by atoms with Gasteiger partial charge in [0.05, 0.1) is 6.04 Å². The largest absolute Gasteiger partial charge is 0.349 e. The molecule has 0 aromatic heterocycles. The lowest BCUT2D eigenvalue weighted by Crippen LogP contribution is -2.55. The van der Waals surface area contributed by atoms with Gasteiger partial charge in [-0.2, -0.15) is 0 Å². The van der Waals surface area contributed by atoms with Gasteiger partial charge in [-0.25, -0.2) is 0 Å². The number of benzene rings is 2. The molecule has 0 bridgehead atoms. The molecule has 0 saturated carbocycles. The Balaban J connectivity index is 1.82. The maximum Gasteiger partial charge on any atom is 0.195 e. The van der Waals surface area contributed by atoms with E-state index < -0.39 is 3.90 Å². The van der Waals surface area contributed by atoms with Gasteiger partial charge in [0.2, 0.25) is 0 Å². The quantitative estimate of drug-likeness (QED) is 0.239. The molecule has 2 atom stereocenters. The molecular formula is C24H23BrCl2N2S. The predicted octanol–water partition coefficient (Wildman–Crippen LogP) is 7.67. The van der Waals surface area contributed by atoms with Gasteiger partial charge >= 0.3 is 0 Å². The van der Waals surface area contributed by atoms with Gasteiger partial charge in [0.1, 0.15) is 0 Å². The maximum atomic E-state index is 6.62. The lowest BCUT2D eigenvalue weighted by Gasteiger charge is -2.44. The monoisotopic (exact) mass is 520 g/mol. The van der Waals surface area contributed by atoms with Gasteiger partial charge in [-0.1, -0.05) is 65.7 Å². The molecule has 0 saturated heterocycles. The summed E-state index contributed by atoms with van der Waals surface area (Å²) in [6, 6.07) is 16.1. The first-order valence-corrected chi connectivity index (χ1v) is 12.5. The summed E-state index contributed by atoms with van der Waals surface area (Å²) in [7, 11) is 0. The topological polar surface area (TPSA) is 24.1 Å². The zero-order valence-electron chi connectivity index (χ0n) is 16.4. The van der Waals surface area contributed by atoms with Crippen molar-refractivity contribution in [3.63, 3.8) is 0 Å². The standard InChI is InChI=1S/C24H23BrCl2N2S/c1-2-14-30-24(25)28-22-17(15-16-8-3-5-12-20(16)26)9-7-11-19(22)23(29-24)18-10-4-6-13-21(18)27/h2-6,8,10,12-13,15,23,28-29H,1,7,9,11,14H2/b17-15-/t23-,24+/m0/s1. The van der Waals surface area contributed by atoms with Crippen molar-refractivity contribution in [3.8, 4) is 0 Å². The van der Waals surface area contributed by atoms with Gasteiger partial charge in [0.15, 0.2) is 3.90 Å². The minimum atomic E-state index is -0.527. The van der Waals surface area contributed by atoms with E-state index >= 15 is 0 Å². The Morgan fingerprint density at radius 3 is 2.57 bits per heavy atom. The van der Waals surface area contributed by atoms with Crippen molar-refractivity contribution in [2.24, 2.45) is 0 Å². The summed E-state index contributed by atoms with van der Waals surface area (Å²) in [6.45, 7) is 3.87. The van der Waals surface area contributed by atoms with E-state index in [-0.39, 0.29) is 6.04 Å². The Hall–Kier alpha value is -1.17. The van der Waals surface area contributed by atoms with E-state index in [1.807, 2.05) is 42.5 Å². The van der Waals surface area contributed by atoms with E-state index in [0.29, 0.717) is 0 Å². The van der Waals surface area contributed by atoms with Crippen LogP contribution in [-0.4, -0.2) is 9.66 Å². The van der Waals surface area contributed by atoms with Crippen molar-refractivity contribution in [2.75, 3.05) is 5.75 Å². The molecule has 1 heterocycles. The highest BCUT2D eigenvalue weighted by atomic mass is 79.9. The van der Waals surface area contributed by atoms with Gasteiger partial charge < -0.3 is 5.32 Å². The molecule has 0 radical (unpaired) electrons. The summed E-state index contributed by atoms with van der Waals surface area (Å²) in [5.41, 5.74) is 5.91. The highest BCUT2D eigenvalue weighted by Gasteiger charge is 2.40. The van der Waals surface area contributed by atoms with Crippen molar-refractivity contribution in [3.05, 3.63) is 99.2 Å². The fourth-order valence-corrected chi connectivity index (χ4v) is 5.98. The van der Waals surface area contributed by atoms with Crippen LogP contribution in [0, 0.1) is 0 Å². The molecule has 2 nitrogen and oxygen atoms in total. The Morgan fingerprint density at radius 1 is 1.10 bits per heavy atom. The third-order valence-electron chi connectivity index (χ3n) is 5.35. The van der Waals surface area contributed by atoms with Crippen molar-refractivity contribution in [2.45, 2.75) is 29.2 Å². The summed E-state index contributed by atoms with van der Waals surface area (Å²) in [5, 5.41) is 9.00. The molecule has 1 aliphatic heterocycles. The molecule has 0 amide bonds. The number of nitrogens with one attached hydrogen (secondary N) is 2. The number of allylic oxidation sites excluding steroid dienone is 1. The average Bonchev–Trinajstić information content (AvgIpc) is 2.74. The Morgan fingerprint density at radius 2 is 1.83 bits per heavy atom. The lowest BCUT2D eigenvalue weighted by atomic mass is 9.83. The molecule has 2 aromatic carbocycles. The molecule has 2 aliphatic rings. The van der Waals surface area contributed by atoms with Gasteiger partial charge in [-0.05, 0) is 75.7 Å². The summed E-state index contributed by atoms with van der Waals surface area (Å²) in [4.78, 5) is 0. The third kappa shape index (κ3) is 4.68. The van der Waals surface area contributed by atoms with Crippen LogP contribution in [0.3, 0.4) is 0 Å². The van der Waals surface area contributed by atoms with E-state index in [0.717, 1.165) is 46.2 Å². The second-order valence-electron chi connectivity index (χ2n) is 7.36. The normalized spacial score (nSPS) is 25.0. The second kappa shape index (κ2) is 9.54. The van der Waals surface area contributed by atoms with Gasteiger partial charge in [0, 0.05) is 21.5 Å². The van der Waals surface area contributed by atoms with Crippen LogP contribution in [0.1, 0.15) is 36.4 Å². The first-order valence-electron chi connectivity index (χ1n) is 9.93. The van der Waals surface area contributed by atoms with Crippen LogP contribution in [0.5, 0.6) is 0 Å². The van der Waals surface area contributed by atoms with Crippen LogP contribution < -0.4 is 10.6 Å². The average molecular weight is 522 g/mol. The van der Waals surface area contributed by atoms with Crippen molar-refractivity contribution >= 4 is 57.0 Å². The van der Waals surface area contributed by atoms with E-state index in [1.165, 1.54) is 16.8 Å². The number of thioether (sulfide) groups is 1. The van der Waals surface area contributed by atoms with E-state index in [9.17, 15) is 0 Å². The molecule has 0 unspecified atom stereocenters. The minimum Gasteiger partial charge on any atom is -0.349 e. The summed E-state index contributed by atoms with van der Waals surface area (Å²) in [5.74, 6) is 0.798. The fraction of sp³-hybridized carbons (Fsp3) is 0.250. The smallest absolute Gasteiger partial charge is 0.195 e.